The van der Waals surface area contributed by atoms with Crippen molar-refractivity contribution in [1.82, 2.24) is 10.3 Å². The van der Waals surface area contributed by atoms with E-state index in [1.165, 1.54) is 51.2 Å². The Morgan fingerprint density at radius 1 is 1.06 bits per heavy atom. The van der Waals surface area contributed by atoms with E-state index in [9.17, 15) is 9.59 Å². The molecule has 0 spiro atoms. The molecule has 1 aromatic heterocycles. The van der Waals surface area contributed by atoms with E-state index in [-0.39, 0.29) is 36.4 Å². The third-order valence-corrected chi connectivity index (χ3v) is 7.85. The van der Waals surface area contributed by atoms with Gasteiger partial charge < -0.3 is 19.6 Å². The zero-order valence-corrected chi connectivity index (χ0v) is 20.3. The minimum atomic E-state index is -0.752. The number of fused-ring (bicyclic) bond motifs is 2. The normalized spacial score (nSPS) is 26.9. The lowest BCUT2D eigenvalue weighted by molar-refractivity contribution is -0.137. The Morgan fingerprint density at radius 3 is 2.71 bits per heavy atom. The number of rotatable bonds is 13. The maximum Gasteiger partial charge on any atom is 0.303 e. The van der Waals surface area contributed by atoms with E-state index in [4.69, 9.17) is 14.3 Å². The van der Waals surface area contributed by atoms with Gasteiger partial charge in [-0.2, -0.15) is 0 Å². The van der Waals surface area contributed by atoms with Gasteiger partial charge in [-0.3, -0.25) is 9.59 Å². The highest BCUT2D eigenvalue weighted by Gasteiger charge is 2.51. The van der Waals surface area contributed by atoms with Gasteiger partial charge in [0.15, 0.2) is 5.69 Å². The number of allylic oxidation sites excluding steroid dienone is 2. The molecule has 2 aliphatic heterocycles. The maximum atomic E-state index is 12.6. The lowest BCUT2D eigenvalue weighted by Gasteiger charge is -2.24. The van der Waals surface area contributed by atoms with Crippen LogP contribution in [0.3, 0.4) is 0 Å². The molecule has 2 N–H and O–H groups in total. The number of nitrogens with zero attached hydrogens (tertiary/aromatic N) is 1. The molecular formula is C27H40N2O5. The van der Waals surface area contributed by atoms with Crippen molar-refractivity contribution in [2.24, 2.45) is 11.8 Å². The zero-order valence-electron chi connectivity index (χ0n) is 20.3. The van der Waals surface area contributed by atoms with Gasteiger partial charge in [-0.1, -0.05) is 57.1 Å². The molecule has 4 atom stereocenters. The molecule has 188 valence electrons. The standard InChI is InChI=1S/C27H40N2O5/c30-24(31)14-7-2-1-6-13-20-22-15-16-23(34-22)25(20)27-29-21(18-33-27)26(32)28-17-9-8-12-19-10-4-3-5-11-19/h1,6,18-20,22-23,25H,2-5,7-17H2,(H,28,32)(H,30,31)/b6-1-/t20-,22-,23+,25-/m0/s1. The molecule has 0 radical (unpaired) electrons. The molecular weight excluding hydrogens is 432 g/mol. The fourth-order valence-electron chi connectivity index (χ4n) is 6.03. The highest BCUT2D eigenvalue weighted by molar-refractivity contribution is 5.91. The zero-order chi connectivity index (χ0) is 23.8. The summed E-state index contributed by atoms with van der Waals surface area (Å²) in [5.41, 5.74) is 0.355. The van der Waals surface area contributed by atoms with Crippen LogP contribution >= 0.6 is 0 Å². The lowest BCUT2D eigenvalue weighted by atomic mass is 9.77. The smallest absolute Gasteiger partial charge is 0.303 e. The van der Waals surface area contributed by atoms with Crippen LogP contribution in [0.5, 0.6) is 0 Å². The molecule has 3 heterocycles. The van der Waals surface area contributed by atoms with Gasteiger partial charge in [0.05, 0.1) is 18.1 Å². The summed E-state index contributed by atoms with van der Waals surface area (Å²) < 4.78 is 12.0. The molecule has 7 nitrogen and oxygen atoms in total. The summed E-state index contributed by atoms with van der Waals surface area (Å²) in [6.45, 7) is 0.681. The average molecular weight is 473 g/mol. The van der Waals surface area contributed by atoms with Crippen LogP contribution in [0.4, 0.5) is 0 Å². The van der Waals surface area contributed by atoms with E-state index < -0.39 is 5.97 Å². The Morgan fingerprint density at radius 2 is 1.88 bits per heavy atom. The first-order valence-corrected chi connectivity index (χ1v) is 13.4. The number of unbranched alkanes of at least 4 members (excludes halogenated alkanes) is 2. The summed E-state index contributed by atoms with van der Waals surface area (Å²) >= 11 is 0. The number of amides is 1. The molecule has 1 saturated carbocycles. The van der Waals surface area contributed by atoms with Gasteiger partial charge in [-0.15, -0.1) is 0 Å². The van der Waals surface area contributed by atoms with Gasteiger partial charge in [0, 0.05) is 18.9 Å². The third-order valence-electron chi connectivity index (χ3n) is 7.85. The van der Waals surface area contributed by atoms with Gasteiger partial charge in [0.25, 0.3) is 5.91 Å². The van der Waals surface area contributed by atoms with E-state index in [0.717, 1.165) is 38.0 Å². The van der Waals surface area contributed by atoms with Crippen LogP contribution in [0.25, 0.3) is 0 Å². The second kappa shape index (κ2) is 12.5. The summed E-state index contributed by atoms with van der Waals surface area (Å²) in [5, 5.41) is 11.8. The van der Waals surface area contributed by atoms with Crippen molar-refractivity contribution in [2.75, 3.05) is 6.54 Å². The number of carbonyl (C=O) groups excluding carboxylic acids is 1. The van der Waals surface area contributed by atoms with E-state index in [1.54, 1.807) is 0 Å². The molecule has 1 amide bonds. The minimum absolute atomic E-state index is 0.0689. The molecule has 1 aromatic rings. The van der Waals surface area contributed by atoms with Gasteiger partial charge in [-0.25, -0.2) is 4.98 Å². The Labute approximate surface area is 202 Å². The van der Waals surface area contributed by atoms with Crippen LogP contribution in [-0.4, -0.2) is 40.7 Å². The van der Waals surface area contributed by atoms with Gasteiger partial charge in [0.1, 0.15) is 6.26 Å². The largest absolute Gasteiger partial charge is 0.481 e. The summed E-state index contributed by atoms with van der Waals surface area (Å²) in [4.78, 5) is 27.8. The van der Waals surface area contributed by atoms with Crippen molar-refractivity contribution in [2.45, 2.75) is 108 Å². The second-order valence-corrected chi connectivity index (χ2v) is 10.3. The number of ether oxygens (including phenoxy) is 1. The summed E-state index contributed by atoms with van der Waals surface area (Å²) in [7, 11) is 0. The van der Waals surface area contributed by atoms with Crippen LogP contribution in [-0.2, 0) is 9.53 Å². The SMILES string of the molecule is O=C(O)CCC/C=C\C[C@@H]1[C@H](c2nc(C(=O)NCCCCC3CCCCC3)co2)[C@H]2CC[C@@H]1O2. The first-order chi connectivity index (χ1) is 16.6. The Bertz CT molecular complexity index is 829. The van der Waals surface area contributed by atoms with E-state index >= 15 is 0 Å². The van der Waals surface area contributed by atoms with Crippen molar-refractivity contribution in [3.05, 3.63) is 30.0 Å². The number of carbonyl (C=O) groups is 2. The highest BCUT2D eigenvalue weighted by atomic mass is 16.5. The fourth-order valence-corrected chi connectivity index (χ4v) is 6.03. The summed E-state index contributed by atoms with van der Waals surface area (Å²) in [6.07, 6.45) is 20.9. The van der Waals surface area contributed by atoms with E-state index in [1.807, 2.05) is 0 Å². The van der Waals surface area contributed by atoms with Crippen LogP contribution < -0.4 is 5.32 Å². The van der Waals surface area contributed by atoms with Crippen LogP contribution in [0.1, 0.15) is 112 Å². The first-order valence-electron chi connectivity index (χ1n) is 13.4. The molecule has 34 heavy (non-hydrogen) atoms. The molecule has 2 bridgehead atoms. The molecule has 3 aliphatic rings. The minimum Gasteiger partial charge on any atom is -0.481 e. The molecule has 1 aliphatic carbocycles. The van der Waals surface area contributed by atoms with Crippen LogP contribution in [0.2, 0.25) is 0 Å². The second-order valence-electron chi connectivity index (χ2n) is 10.3. The van der Waals surface area contributed by atoms with Gasteiger partial charge >= 0.3 is 5.97 Å². The lowest BCUT2D eigenvalue weighted by Crippen LogP contribution is -2.27. The van der Waals surface area contributed by atoms with E-state index in [2.05, 4.69) is 22.5 Å². The molecule has 4 rings (SSSR count). The molecule has 7 heteroatoms. The maximum absolute atomic E-state index is 12.6. The van der Waals surface area contributed by atoms with Crippen molar-refractivity contribution >= 4 is 11.9 Å². The Hall–Kier alpha value is -2.15. The number of carboxylic acids is 1. The topological polar surface area (TPSA) is 102 Å². The van der Waals surface area contributed by atoms with Crippen molar-refractivity contribution in [3.63, 3.8) is 0 Å². The first kappa shape index (κ1) is 25.0. The van der Waals surface area contributed by atoms with Crippen molar-refractivity contribution in [3.8, 4) is 0 Å². The van der Waals surface area contributed by atoms with Gasteiger partial charge in [-0.05, 0) is 44.4 Å². The quantitative estimate of drug-likeness (QED) is 0.285. The number of hydrogen-bond donors (Lipinski definition) is 2. The Kier molecular flexibility index (Phi) is 9.19. The fraction of sp³-hybridized carbons (Fsp3) is 0.741. The predicted octanol–water partition coefficient (Wildman–Crippen LogP) is 5.62. The average Bonchev–Trinajstić information content (AvgIpc) is 3.58. The molecule has 0 unspecified atom stereocenters. The van der Waals surface area contributed by atoms with Crippen LogP contribution in [0, 0.1) is 11.8 Å². The third kappa shape index (κ3) is 6.71. The van der Waals surface area contributed by atoms with Crippen LogP contribution in [0.15, 0.2) is 22.8 Å². The monoisotopic (exact) mass is 472 g/mol. The Balaban J connectivity index is 1.22. The van der Waals surface area contributed by atoms with Gasteiger partial charge in [0.2, 0.25) is 5.89 Å². The molecule has 0 aromatic carbocycles. The summed E-state index contributed by atoms with van der Waals surface area (Å²) in [6, 6.07) is 0. The number of carboxylic acid groups (broad SMARTS) is 1. The summed E-state index contributed by atoms with van der Waals surface area (Å²) in [5.74, 6) is 0.936. The predicted molar refractivity (Wildman–Crippen MR) is 129 cm³/mol. The van der Waals surface area contributed by atoms with Crippen molar-refractivity contribution < 1.29 is 23.8 Å². The highest BCUT2D eigenvalue weighted by Crippen LogP contribution is 2.50. The number of aromatic nitrogens is 1. The van der Waals surface area contributed by atoms with E-state index in [0.29, 0.717) is 24.6 Å². The molecule has 3 fully saturated rings. The number of aliphatic carboxylic acids is 1. The number of nitrogens with one attached hydrogen (secondary N) is 1. The van der Waals surface area contributed by atoms with Crippen molar-refractivity contribution in [1.29, 1.82) is 0 Å². The molecule has 2 saturated heterocycles. The number of oxazole rings is 1. The number of hydrogen-bond acceptors (Lipinski definition) is 5.